The zero-order chi connectivity index (χ0) is 14.7. The molecule has 1 N–H and O–H groups in total. The summed E-state index contributed by atoms with van der Waals surface area (Å²) < 4.78 is 13.1. The lowest BCUT2D eigenvalue weighted by Crippen LogP contribution is -2.53. The average Bonchev–Trinajstić information content (AvgIpc) is 2.47. The molecule has 2 aliphatic rings. The molecule has 2 fully saturated rings. The third-order valence-electron chi connectivity index (χ3n) is 5.01. The van der Waals surface area contributed by atoms with Crippen LogP contribution in [0.1, 0.15) is 19.3 Å². The number of benzene rings is 1. The first kappa shape index (κ1) is 14.8. The molecule has 3 rings (SSSR count). The number of hydrogen-bond donors (Lipinski definition) is 1. The van der Waals surface area contributed by atoms with Gasteiger partial charge in [0.15, 0.2) is 0 Å². The summed E-state index contributed by atoms with van der Waals surface area (Å²) in [5.41, 5.74) is 0.877. The number of piperidine rings is 2. The van der Waals surface area contributed by atoms with E-state index in [0.717, 1.165) is 30.7 Å². The second kappa shape index (κ2) is 6.75. The highest BCUT2D eigenvalue weighted by Gasteiger charge is 2.33. The van der Waals surface area contributed by atoms with Crippen molar-refractivity contribution in [3.8, 4) is 0 Å². The Morgan fingerprint density at radius 3 is 3.05 bits per heavy atom. The minimum atomic E-state index is -0.175. The van der Waals surface area contributed by atoms with Gasteiger partial charge in [-0.3, -0.25) is 0 Å². The minimum absolute atomic E-state index is 0.175. The first-order valence-electron chi connectivity index (χ1n) is 8.14. The van der Waals surface area contributed by atoms with E-state index >= 15 is 0 Å². The van der Waals surface area contributed by atoms with Crippen molar-refractivity contribution < 1.29 is 4.39 Å². The Morgan fingerprint density at radius 2 is 2.19 bits per heavy atom. The van der Waals surface area contributed by atoms with E-state index in [4.69, 9.17) is 0 Å². The topological polar surface area (TPSA) is 18.5 Å². The highest BCUT2D eigenvalue weighted by atomic mass is 19.1. The molecule has 0 amide bonds. The van der Waals surface area contributed by atoms with Gasteiger partial charge in [0, 0.05) is 31.4 Å². The predicted molar refractivity (Wildman–Crippen MR) is 85.1 cm³/mol. The summed E-state index contributed by atoms with van der Waals surface area (Å²) in [4.78, 5) is 5.11. The number of nitrogens with one attached hydrogen (secondary N) is 1. The molecule has 3 nitrogen and oxygen atoms in total. The summed E-state index contributed by atoms with van der Waals surface area (Å²) >= 11 is 0. The van der Waals surface area contributed by atoms with Crippen LogP contribution in [0.15, 0.2) is 24.3 Å². The largest absolute Gasteiger partial charge is 0.384 e. The number of halogens is 1. The zero-order valence-electron chi connectivity index (χ0n) is 12.9. The highest BCUT2D eigenvalue weighted by Crippen LogP contribution is 2.29. The van der Waals surface area contributed by atoms with Gasteiger partial charge in [-0.05, 0) is 63.5 Å². The molecule has 0 radical (unpaired) electrons. The maximum absolute atomic E-state index is 13.1. The Balaban J connectivity index is 1.44. The fourth-order valence-electron chi connectivity index (χ4n) is 3.89. The molecule has 2 saturated heterocycles. The first-order chi connectivity index (χ1) is 10.2. The molecule has 2 unspecified atom stereocenters. The standard InChI is InChI=1S/C17H26FN3/c1-20-9-3-4-14-13-21(10-7-17(14)20)11-8-19-16-6-2-5-15(18)12-16/h2,5-6,12,14,17,19H,3-4,7-11,13H2,1H3. The summed E-state index contributed by atoms with van der Waals surface area (Å²) in [6.45, 7) is 5.61. The van der Waals surface area contributed by atoms with Gasteiger partial charge >= 0.3 is 0 Å². The number of rotatable bonds is 4. The molecule has 1 aromatic carbocycles. The van der Waals surface area contributed by atoms with Crippen molar-refractivity contribution >= 4 is 5.69 Å². The monoisotopic (exact) mass is 291 g/mol. The molecular weight excluding hydrogens is 265 g/mol. The van der Waals surface area contributed by atoms with Crippen molar-refractivity contribution in [3.05, 3.63) is 30.1 Å². The Hall–Kier alpha value is -1.13. The van der Waals surface area contributed by atoms with Crippen molar-refractivity contribution in [1.29, 1.82) is 0 Å². The van der Waals surface area contributed by atoms with Crippen molar-refractivity contribution in [2.24, 2.45) is 5.92 Å². The Kier molecular flexibility index (Phi) is 4.76. The lowest BCUT2D eigenvalue weighted by atomic mass is 9.84. The van der Waals surface area contributed by atoms with Crippen LogP contribution in [0.5, 0.6) is 0 Å². The van der Waals surface area contributed by atoms with Crippen LogP contribution in [0, 0.1) is 11.7 Å². The lowest BCUT2D eigenvalue weighted by Gasteiger charge is -2.46. The van der Waals surface area contributed by atoms with Crippen molar-refractivity contribution in [3.63, 3.8) is 0 Å². The van der Waals surface area contributed by atoms with Gasteiger partial charge in [0.1, 0.15) is 5.82 Å². The molecule has 0 aliphatic carbocycles. The van der Waals surface area contributed by atoms with Crippen molar-refractivity contribution in [1.82, 2.24) is 9.80 Å². The predicted octanol–water partition coefficient (Wildman–Crippen LogP) is 2.65. The van der Waals surface area contributed by atoms with Crippen LogP contribution in [-0.4, -0.2) is 55.6 Å². The smallest absolute Gasteiger partial charge is 0.125 e. The minimum Gasteiger partial charge on any atom is -0.384 e. The van der Waals surface area contributed by atoms with E-state index in [1.165, 1.54) is 45.0 Å². The summed E-state index contributed by atoms with van der Waals surface area (Å²) in [6, 6.07) is 7.51. The van der Waals surface area contributed by atoms with Crippen LogP contribution in [0.4, 0.5) is 10.1 Å². The van der Waals surface area contributed by atoms with Crippen LogP contribution in [0.25, 0.3) is 0 Å². The third kappa shape index (κ3) is 3.74. The molecule has 0 bridgehead atoms. The number of likely N-dealkylation sites (tertiary alicyclic amines) is 2. The molecule has 2 aliphatic heterocycles. The van der Waals surface area contributed by atoms with E-state index in [2.05, 4.69) is 22.2 Å². The quantitative estimate of drug-likeness (QED) is 0.920. The molecule has 0 spiro atoms. The molecule has 0 saturated carbocycles. The summed E-state index contributed by atoms with van der Waals surface area (Å²) in [5, 5.41) is 3.32. The maximum Gasteiger partial charge on any atom is 0.125 e. The first-order valence-corrected chi connectivity index (χ1v) is 8.14. The van der Waals surface area contributed by atoms with Gasteiger partial charge in [0.25, 0.3) is 0 Å². The maximum atomic E-state index is 13.1. The number of fused-ring (bicyclic) bond motifs is 1. The second-order valence-electron chi connectivity index (χ2n) is 6.48. The molecule has 116 valence electrons. The van der Waals surface area contributed by atoms with Crippen LogP contribution in [0.2, 0.25) is 0 Å². The molecule has 0 aromatic heterocycles. The van der Waals surface area contributed by atoms with Crippen LogP contribution < -0.4 is 5.32 Å². The molecular formula is C17H26FN3. The van der Waals surface area contributed by atoms with Crippen molar-refractivity contribution in [2.45, 2.75) is 25.3 Å². The summed E-state index contributed by atoms with van der Waals surface area (Å²) in [7, 11) is 2.28. The average molecular weight is 291 g/mol. The third-order valence-corrected chi connectivity index (χ3v) is 5.01. The van der Waals surface area contributed by atoms with Crippen LogP contribution >= 0.6 is 0 Å². The van der Waals surface area contributed by atoms with Gasteiger partial charge in [-0.1, -0.05) is 6.07 Å². The van der Waals surface area contributed by atoms with E-state index in [1.807, 2.05) is 6.07 Å². The number of hydrogen-bond acceptors (Lipinski definition) is 3. The summed E-state index contributed by atoms with van der Waals surface area (Å²) in [6.07, 6.45) is 4.01. The zero-order valence-corrected chi connectivity index (χ0v) is 12.9. The van der Waals surface area contributed by atoms with E-state index in [9.17, 15) is 4.39 Å². The Bertz CT molecular complexity index is 465. The molecule has 2 heterocycles. The SMILES string of the molecule is CN1CCCC2CN(CCNc3cccc(F)c3)CCC21. The second-order valence-corrected chi connectivity index (χ2v) is 6.48. The van der Waals surface area contributed by atoms with E-state index in [1.54, 1.807) is 12.1 Å². The molecule has 2 atom stereocenters. The fourth-order valence-corrected chi connectivity index (χ4v) is 3.89. The van der Waals surface area contributed by atoms with Crippen molar-refractivity contribution in [2.75, 3.05) is 45.1 Å². The highest BCUT2D eigenvalue weighted by molar-refractivity contribution is 5.42. The normalized spacial score (nSPS) is 27.3. The van der Waals surface area contributed by atoms with Gasteiger partial charge < -0.3 is 15.1 Å². The van der Waals surface area contributed by atoms with Gasteiger partial charge in [-0.2, -0.15) is 0 Å². The van der Waals surface area contributed by atoms with Gasteiger partial charge in [-0.15, -0.1) is 0 Å². The number of nitrogens with zero attached hydrogens (tertiary/aromatic N) is 2. The van der Waals surface area contributed by atoms with Crippen LogP contribution in [0.3, 0.4) is 0 Å². The van der Waals surface area contributed by atoms with Gasteiger partial charge in [0.2, 0.25) is 0 Å². The number of anilines is 1. The van der Waals surface area contributed by atoms with E-state index in [0.29, 0.717) is 0 Å². The van der Waals surface area contributed by atoms with E-state index in [-0.39, 0.29) is 5.82 Å². The van der Waals surface area contributed by atoms with Crippen LogP contribution in [-0.2, 0) is 0 Å². The lowest BCUT2D eigenvalue weighted by molar-refractivity contribution is 0.0403. The molecule has 21 heavy (non-hydrogen) atoms. The summed E-state index contributed by atoms with van der Waals surface area (Å²) in [5.74, 6) is 0.665. The Morgan fingerprint density at radius 1 is 1.29 bits per heavy atom. The Labute approximate surface area is 127 Å². The van der Waals surface area contributed by atoms with Gasteiger partial charge in [-0.25, -0.2) is 4.39 Å². The molecule has 1 aromatic rings. The fraction of sp³-hybridized carbons (Fsp3) is 0.647. The van der Waals surface area contributed by atoms with Gasteiger partial charge in [0.05, 0.1) is 0 Å². The molecule has 4 heteroatoms. The van der Waals surface area contributed by atoms with E-state index < -0.39 is 0 Å².